The summed E-state index contributed by atoms with van der Waals surface area (Å²) < 4.78 is 10.8. The standard InChI is InChI=1S/C15H19NO4/c17-14(18)9-20-13-4-2-1-3-12(13)16-10-15(11-16)5-7-19-8-6-15/h1-4H,5-11H2,(H,17,18). The summed E-state index contributed by atoms with van der Waals surface area (Å²) in [6.45, 7) is 3.41. The number of hydrogen-bond acceptors (Lipinski definition) is 4. The van der Waals surface area contributed by atoms with Gasteiger partial charge in [0.05, 0.1) is 5.69 Å². The number of aliphatic carboxylic acids is 1. The van der Waals surface area contributed by atoms with Crippen LogP contribution < -0.4 is 9.64 Å². The molecule has 2 aliphatic heterocycles. The van der Waals surface area contributed by atoms with Gasteiger partial charge in [-0.3, -0.25) is 0 Å². The third-order valence-electron chi connectivity index (χ3n) is 4.16. The van der Waals surface area contributed by atoms with E-state index in [1.807, 2.05) is 24.3 Å². The molecule has 5 nitrogen and oxygen atoms in total. The topological polar surface area (TPSA) is 59.0 Å². The zero-order valence-electron chi connectivity index (χ0n) is 11.4. The molecule has 0 radical (unpaired) electrons. The van der Waals surface area contributed by atoms with Crippen LogP contribution in [0.5, 0.6) is 5.75 Å². The average Bonchev–Trinajstić information content (AvgIpc) is 2.44. The maximum Gasteiger partial charge on any atom is 0.341 e. The second-order valence-corrected chi connectivity index (χ2v) is 5.62. The van der Waals surface area contributed by atoms with E-state index in [0.717, 1.165) is 44.8 Å². The Hall–Kier alpha value is -1.75. The van der Waals surface area contributed by atoms with Crippen molar-refractivity contribution in [2.45, 2.75) is 12.8 Å². The minimum Gasteiger partial charge on any atom is -0.480 e. The predicted molar refractivity (Wildman–Crippen MR) is 74.3 cm³/mol. The number of carboxylic acid groups (broad SMARTS) is 1. The van der Waals surface area contributed by atoms with Crippen molar-refractivity contribution in [1.29, 1.82) is 0 Å². The van der Waals surface area contributed by atoms with Crippen molar-refractivity contribution in [3.05, 3.63) is 24.3 Å². The van der Waals surface area contributed by atoms with Crippen molar-refractivity contribution >= 4 is 11.7 Å². The predicted octanol–water partition coefficient (Wildman–Crippen LogP) is 1.77. The summed E-state index contributed by atoms with van der Waals surface area (Å²) in [5.41, 5.74) is 1.38. The van der Waals surface area contributed by atoms with E-state index in [0.29, 0.717) is 11.2 Å². The van der Waals surface area contributed by atoms with Crippen LogP contribution in [0.3, 0.4) is 0 Å². The molecule has 20 heavy (non-hydrogen) atoms. The van der Waals surface area contributed by atoms with Gasteiger partial charge in [-0.1, -0.05) is 12.1 Å². The number of rotatable bonds is 4. The lowest BCUT2D eigenvalue weighted by molar-refractivity contribution is -0.139. The van der Waals surface area contributed by atoms with Crippen LogP contribution in [0.4, 0.5) is 5.69 Å². The molecule has 2 aliphatic rings. The summed E-state index contributed by atoms with van der Waals surface area (Å²) in [6, 6.07) is 7.64. The van der Waals surface area contributed by atoms with Gasteiger partial charge in [-0.25, -0.2) is 4.79 Å². The molecular weight excluding hydrogens is 258 g/mol. The molecule has 1 N–H and O–H groups in total. The second kappa shape index (κ2) is 5.32. The number of para-hydroxylation sites is 2. The maximum absolute atomic E-state index is 10.6. The lowest BCUT2D eigenvalue weighted by Crippen LogP contribution is -2.58. The summed E-state index contributed by atoms with van der Waals surface area (Å²) in [6.07, 6.45) is 2.23. The molecule has 0 saturated carbocycles. The van der Waals surface area contributed by atoms with Gasteiger partial charge in [0.15, 0.2) is 6.61 Å². The Bertz CT molecular complexity index is 488. The van der Waals surface area contributed by atoms with E-state index in [9.17, 15) is 4.79 Å². The monoisotopic (exact) mass is 277 g/mol. The quantitative estimate of drug-likeness (QED) is 0.909. The van der Waals surface area contributed by atoms with Gasteiger partial charge in [0.1, 0.15) is 5.75 Å². The van der Waals surface area contributed by atoms with Crippen LogP contribution in [-0.2, 0) is 9.53 Å². The molecule has 108 valence electrons. The number of carboxylic acids is 1. The highest BCUT2D eigenvalue weighted by Crippen LogP contribution is 2.44. The van der Waals surface area contributed by atoms with Gasteiger partial charge < -0.3 is 19.5 Å². The van der Waals surface area contributed by atoms with E-state index >= 15 is 0 Å². The molecular formula is C15H19NO4. The number of nitrogens with zero attached hydrogens (tertiary/aromatic N) is 1. The van der Waals surface area contributed by atoms with Gasteiger partial charge in [0, 0.05) is 31.7 Å². The van der Waals surface area contributed by atoms with Crippen LogP contribution in [0, 0.1) is 5.41 Å². The minimum absolute atomic E-state index is 0.302. The Labute approximate surface area is 118 Å². The van der Waals surface area contributed by atoms with Gasteiger partial charge in [-0.2, -0.15) is 0 Å². The number of ether oxygens (including phenoxy) is 2. The summed E-state index contributed by atoms with van der Waals surface area (Å²) in [7, 11) is 0. The first-order valence-electron chi connectivity index (χ1n) is 6.95. The van der Waals surface area contributed by atoms with Crippen LogP contribution >= 0.6 is 0 Å². The molecule has 2 saturated heterocycles. The molecule has 1 aromatic carbocycles. The van der Waals surface area contributed by atoms with Gasteiger partial charge >= 0.3 is 5.97 Å². The first-order valence-corrected chi connectivity index (χ1v) is 6.95. The Kier molecular flexibility index (Phi) is 3.53. The second-order valence-electron chi connectivity index (χ2n) is 5.62. The summed E-state index contributed by atoms with van der Waals surface area (Å²) in [5, 5.41) is 8.72. The minimum atomic E-state index is -0.954. The fraction of sp³-hybridized carbons (Fsp3) is 0.533. The van der Waals surface area contributed by atoms with Gasteiger partial charge in [0.2, 0.25) is 0 Å². The number of hydrogen-bond donors (Lipinski definition) is 1. The van der Waals surface area contributed by atoms with E-state index in [1.54, 1.807) is 0 Å². The maximum atomic E-state index is 10.6. The zero-order valence-corrected chi connectivity index (χ0v) is 11.4. The van der Waals surface area contributed by atoms with Crippen molar-refractivity contribution < 1.29 is 19.4 Å². The Morgan fingerprint density at radius 2 is 2.00 bits per heavy atom. The van der Waals surface area contributed by atoms with Crippen LogP contribution in [-0.4, -0.2) is 44.0 Å². The molecule has 2 heterocycles. The number of anilines is 1. The molecule has 0 aliphatic carbocycles. The smallest absolute Gasteiger partial charge is 0.341 e. The SMILES string of the molecule is O=C(O)COc1ccccc1N1CC2(CCOCC2)C1. The molecule has 1 spiro atoms. The van der Waals surface area contributed by atoms with Crippen molar-refractivity contribution in [3.63, 3.8) is 0 Å². The highest BCUT2D eigenvalue weighted by atomic mass is 16.5. The van der Waals surface area contributed by atoms with Crippen LogP contribution in [0.2, 0.25) is 0 Å². The molecule has 5 heteroatoms. The van der Waals surface area contributed by atoms with Crippen LogP contribution in [0.1, 0.15) is 12.8 Å². The number of benzene rings is 1. The first kappa shape index (κ1) is 13.2. The fourth-order valence-electron chi connectivity index (χ4n) is 3.03. The Balaban J connectivity index is 1.67. The molecule has 0 amide bonds. The first-order chi connectivity index (χ1) is 9.69. The Morgan fingerprint density at radius 1 is 1.30 bits per heavy atom. The van der Waals surface area contributed by atoms with Gasteiger partial charge in [-0.05, 0) is 25.0 Å². The third-order valence-corrected chi connectivity index (χ3v) is 4.16. The highest BCUT2D eigenvalue weighted by Gasteiger charge is 2.44. The molecule has 0 atom stereocenters. The van der Waals surface area contributed by atoms with E-state index in [-0.39, 0.29) is 6.61 Å². The van der Waals surface area contributed by atoms with Crippen molar-refractivity contribution in [3.8, 4) is 5.75 Å². The van der Waals surface area contributed by atoms with Crippen LogP contribution in [0.25, 0.3) is 0 Å². The zero-order chi connectivity index (χ0) is 14.0. The lowest BCUT2D eigenvalue weighted by atomic mass is 9.73. The van der Waals surface area contributed by atoms with Crippen molar-refractivity contribution in [2.24, 2.45) is 5.41 Å². The Morgan fingerprint density at radius 3 is 2.70 bits per heavy atom. The van der Waals surface area contributed by atoms with E-state index in [2.05, 4.69) is 4.90 Å². The fourth-order valence-corrected chi connectivity index (χ4v) is 3.03. The highest BCUT2D eigenvalue weighted by molar-refractivity contribution is 5.69. The summed E-state index contributed by atoms with van der Waals surface area (Å²) in [5.74, 6) is -0.305. The summed E-state index contributed by atoms with van der Waals surface area (Å²) >= 11 is 0. The third kappa shape index (κ3) is 2.58. The normalized spacial score (nSPS) is 20.5. The van der Waals surface area contributed by atoms with E-state index in [4.69, 9.17) is 14.6 Å². The lowest BCUT2D eigenvalue weighted by Gasteiger charge is -2.53. The van der Waals surface area contributed by atoms with E-state index in [1.165, 1.54) is 0 Å². The molecule has 0 bridgehead atoms. The average molecular weight is 277 g/mol. The number of carbonyl (C=O) groups is 1. The molecule has 1 aromatic rings. The van der Waals surface area contributed by atoms with Crippen molar-refractivity contribution in [1.82, 2.24) is 0 Å². The molecule has 0 unspecified atom stereocenters. The van der Waals surface area contributed by atoms with Gasteiger partial charge in [0.25, 0.3) is 0 Å². The largest absolute Gasteiger partial charge is 0.480 e. The molecule has 3 rings (SSSR count). The van der Waals surface area contributed by atoms with Crippen molar-refractivity contribution in [2.75, 3.05) is 37.8 Å². The van der Waals surface area contributed by atoms with Gasteiger partial charge in [-0.15, -0.1) is 0 Å². The van der Waals surface area contributed by atoms with Crippen LogP contribution in [0.15, 0.2) is 24.3 Å². The molecule has 0 aromatic heterocycles. The van der Waals surface area contributed by atoms with E-state index < -0.39 is 5.97 Å². The molecule has 2 fully saturated rings. The summed E-state index contributed by atoms with van der Waals surface area (Å²) in [4.78, 5) is 12.9.